The van der Waals surface area contributed by atoms with E-state index in [0.29, 0.717) is 45.3 Å². The second-order valence-electron chi connectivity index (χ2n) is 10.5. The maximum atomic E-state index is 14.2. The lowest BCUT2D eigenvalue weighted by atomic mass is 9.95. The molecule has 0 N–H and O–H groups in total. The van der Waals surface area contributed by atoms with Gasteiger partial charge in [-0.3, -0.25) is 9.36 Å². The number of carbonyl (C=O) groups excluding carboxylic acids is 2. The molecule has 0 aliphatic carbocycles. The van der Waals surface area contributed by atoms with Crippen molar-refractivity contribution in [2.45, 2.75) is 33.4 Å². The summed E-state index contributed by atoms with van der Waals surface area (Å²) in [6, 6.07) is 16.1. The van der Waals surface area contributed by atoms with Crippen molar-refractivity contribution in [3.63, 3.8) is 0 Å². The molecular weight excluding hydrogens is 942 g/mol. The van der Waals surface area contributed by atoms with Gasteiger partial charge in [0.15, 0.2) is 22.9 Å². The Balaban J connectivity index is 1.56. The van der Waals surface area contributed by atoms with Gasteiger partial charge in [-0.15, -0.1) is 0 Å². The van der Waals surface area contributed by atoms with Crippen LogP contribution in [0.25, 0.3) is 6.08 Å². The second kappa shape index (κ2) is 16.7. The second-order valence-corrected chi connectivity index (χ2v) is 14.8. The average molecular weight is 973 g/mol. The molecule has 3 aromatic carbocycles. The van der Waals surface area contributed by atoms with Crippen LogP contribution >= 0.6 is 72.4 Å². The number of hydrogen-bond acceptors (Lipinski definition) is 10. The van der Waals surface area contributed by atoms with Gasteiger partial charge in [-0.1, -0.05) is 45.5 Å². The van der Waals surface area contributed by atoms with Crippen LogP contribution < -0.4 is 29.1 Å². The van der Waals surface area contributed by atoms with Gasteiger partial charge in [-0.05, 0) is 125 Å². The van der Waals surface area contributed by atoms with E-state index in [1.807, 2.05) is 49.4 Å². The van der Waals surface area contributed by atoms with Crippen LogP contribution in [-0.2, 0) is 25.7 Å². The number of benzene rings is 3. The molecule has 0 radical (unpaired) electrons. The lowest BCUT2D eigenvalue weighted by Crippen LogP contribution is -2.40. The minimum atomic E-state index is -0.860. The first-order valence-corrected chi connectivity index (χ1v) is 18.8. The van der Waals surface area contributed by atoms with Crippen LogP contribution in [0, 0.1) is 7.14 Å². The molecule has 1 atom stereocenters. The number of aromatic nitrogens is 1. The minimum absolute atomic E-state index is 0.150. The number of ether oxygens (including phenoxy) is 5. The number of hydrogen-bond donors (Lipinski definition) is 0. The zero-order valence-electron chi connectivity index (χ0n) is 26.9. The number of esters is 2. The summed E-state index contributed by atoms with van der Waals surface area (Å²) in [6.45, 7) is 5.84. The number of fused-ring (bicyclic) bond motifs is 1. The van der Waals surface area contributed by atoms with E-state index in [-0.39, 0.29) is 24.3 Å². The average Bonchev–Trinajstić information content (AvgIpc) is 3.37. The van der Waals surface area contributed by atoms with Crippen LogP contribution in [0.2, 0.25) is 0 Å². The first-order valence-electron chi connectivity index (χ1n) is 15.1. The zero-order chi connectivity index (χ0) is 35.2. The van der Waals surface area contributed by atoms with E-state index in [9.17, 15) is 14.4 Å². The Morgan fingerprint density at radius 2 is 1.69 bits per heavy atom. The minimum Gasteiger partial charge on any atom is -0.490 e. The van der Waals surface area contributed by atoms with Gasteiger partial charge in [0.1, 0.15) is 12.4 Å². The van der Waals surface area contributed by atoms with Crippen molar-refractivity contribution in [1.82, 2.24) is 4.57 Å². The summed E-state index contributed by atoms with van der Waals surface area (Å²) in [7, 11) is 1.28. The van der Waals surface area contributed by atoms with Gasteiger partial charge in [-0.25, -0.2) is 14.6 Å². The third kappa shape index (κ3) is 8.57. The lowest BCUT2D eigenvalue weighted by Gasteiger charge is -2.25. The molecule has 0 bridgehead atoms. The van der Waals surface area contributed by atoms with E-state index < -0.39 is 18.0 Å². The van der Waals surface area contributed by atoms with Crippen molar-refractivity contribution in [3.05, 3.63) is 114 Å². The molecule has 49 heavy (non-hydrogen) atoms. The summed E-state index contributed by atoms with van der Waals surface area (Å²) >= 11 is 9.18. The SMILES string of the molecule is CCOC(=O)C1=C(C)N=c2s/c(=C\c3cc(I)c(OCc4ccc(Br)cc4)c(I)c3)c(=O)n2[C@@H]1c1ccc(OCC(=O)OC)c(OCC)c1. The quantitative estimate of drug-likeness (QED) is 0.120. The Labute approximate surface area is 322 Å². The zero-order valence-corrected chi connectivity index (χ0v) is 33.6. The van der Waals surface area contributed by atoms with E-state index in [4.69, 9.17) is 23.7 Å². The topological polar surface area (TPSA) is 115 Å². The van der Waals surface area contributed by atoms with E-state index in [0.717, 1.165) is 28.5 Å². The van der Waals surface area contributed by atoms with Gasteiger partial charge in [0.25, 0.3) is 5.56 Å². The first-order chi connectivity index (χ1) is 23.5. The van der Waals surface area contributed by atoms with E-state index in [1.165, 1.54) is 23.0 Å². The van der Waals surface area contributed by atoms with Crippen LogP contribution in [0.5, 0.6) is 17.2 Å². The summed E-state index contributed by atoms with van der Waals surface area (Å²) in [4.78, 5) is 44.4. The van der Waals surface area contributed by atoms with Crippen LogP contribution in [0.15, 0.2) is 80.1 Å². The number of carbonyl (C=O) groups is 2. The third-order valence-electron chi connectivity index (χ3n) is 7.29. The molecule has 0 amide bonds. The number of methoxy groups -OCH3 is 1. The molecule has 5 rings (SSSR count). The van der Waals surface area contributed by atoms with Crippen molar-refractivity contribution in [1.29, 1.82) is 0 Å². The van der Waals surface area contributed by atoms with Crippen LogP contribution in [0.1, 0.15) is 43.5 Å². The largest absolute Gasteiger partial charge is 0.490 e. The highest BCUT2D eigenvalue weighted by atomic mass is 127. The Morgan fingerprint density at radius 1 is 0.980 bits per heavy atom. The molecule has 256 valence electrons. The molecule has 0 spiro atoms. The van der Waals surface area contributed by atoms with Crippen LogP contribution in [-0.4, -0.2) is 43.4 Å². The van der Waals surface area contributed by atoms with Crippen LogP contribution in [0.4, 0.5) is 0 Å². The molecule has 0 saturated heterocycles. The van der Waals surface area contributed by atoms with Gasteiger partial charge in [0.2, 0.25) is 0 Å². The fraction of sp³-hybridized carbons (Fsp3) is 0.257. The molecule has 14 heteroatoms. The number of thiazole rings is 1. The highest BCUT2D eigenvalue weighted by Crippen LogP contribution is 2.37. The smallest absolute Gasteiger partial charge is 0.343 e. The molecule has 1 aliphatic rings. The predicted molar refractivity (Wildman–Crippen MR) is 206 cm³/mol. The standard InChI is InChI=1S/C35H31BrI2N2O8S/c1-5-45-27-16-22(9-12-26(27)47-18-29(41)44-4)31-30(34(43)46-6-2)19(3)39-35-40(31)33(42)28(49-35)15-21-13-24(37)32(25(38)14-21)48-17-20-7-10-23(36)11-8-20/h7-16,31H,5-6,17-18H2,1-4H3/b28-15-/t31-/m1/s1. The highest BCUT2D eigenvalue weighted by molar-refractivity contribution is 14.1. The molecule has 1 aromatic heterocycles. The van der Waals surface area contributed by atoms with Gasteiger partial charge in [-0.2, -0.15) is 0 Å². The molecule has 2 heterocycles. The summed E-state index contributed by atoms with van der Waals surface area (Å²) in [5, 5.41) is 0. The summed E-state index contributed by atoms with van der Waals surface area (Å²) < 4.78 is 32.6. The number of halogens is 3. The molecule has 10 nitrogen and oxygen atoms in total. The number of nitrogens with zero attached hydrogens (tertiary/aromatic N) is 2. The van der Waals surface area contributed by atoms with Crippen molar-refractivity contribution < 1.29 is 33.3 Å². The Kier molecular flexibility index (Phi) is 12.6. The molecular formula is C35H31BrI2N2O8S. The van der Waals surface area contributed by atoms with E-state index in [1.54, 1.807) is 32.0 Å². The molecule has 4 aromatic rings. The highest BCUT2D eigenvalue weighted by Gasteiger charge is 2.34. The molecule has 0 fully saturated rings. The Morgan fingerprint density at radius 3 is 2.35 bits per heavy atom. The fourth-order valence-corrected chi connectivity index (χ4v) is 8.51. The monoisotopic (exact) mass is 972 g/mol. The van der Waals surface area contributed by atoms with Gasteiger partial charge >= 0.3 is 11.9 Å². The fourth-order valence-electron chi connectivity index (χ4n) is 5.07. The van der Waals surface area contributed by atoms with E-state index >= 15 is 0 Å². The maximum absolute atomic E-state index is 14.2. The normalized spacial score (nSPS) is 14.2. The van der Waals surface area contributed by atoms with Crippen molar-refractivity contribution in [3.8, 4) is 17.2 Å². The summed E-state index contributed by atoms with van der Waals surface area (Å²) in [5.41, 5.74) is 2.81. The molecule has 0 unspecified atom stereocenters. The Hall–Kier alpha value is -3.22. The summed E-state index contributed by atoms with van der Waals surface area (Å²) in [5.74, 6) is 0.302. The van der Waals surface area contributed by atoms with Crippen molar-refractivity contribution in [2.24, 2.45) is 4.99 Å². The van der Waals surface area contributed by atoms with Gasteiger partial charge in [0.05, 0.1) is 49.3 Å². The van der Waals surface area contributed by atoms with E-state index in [2.05, 4.69) is 66.1 Å². The summed E-state index contributed by atoms with van der Waals surface area (Å²) in [6.07, 6.45) is 1.82. The maximum Gasteiger partial charge on any atom is 0.343 e. The molecule has 0 saturated carbocycles. The number of allylic oxidation sites excluding steroid dienone is 1. The first kappa shape index (κ1) is 37.0. The predicted octanol–water partition coefficient (Wildman–Crippen LogP) is 6.30. The molecule has 1 aliphatic heterocycles. The van der Waals surface area contributed by atoms with Gasteiger partial charge < -0.3 is 23.7 Å². The third-order valence-corrected chi connectivity index (χ3v) is 10.4. The van der Waals surface area contributed by atoms with Crippen LogP contribution in [0.3, 0.4) is 0 Å². The van der Waals surface area contributed by atoms with Gasteiger partial charge in [0, 0.05) is 4.47 Å². The van der Waals surface area contributed by atoms with Crippen molar-refractivity contribution in [2.75, 3.05) is 26.9 Å². The lowest BCUT2D eigenvalue weighted by molar-refractivity contribution is -0.143. The van der Waals surface area contributed by atoms with Crippen molar-refractivity contribution >= 4 is 90.5 Å². The number of rotatable bonds is 12. The Bertz CT molecular complexity index is 2090.